The normalized spacial score (nSPS) is 27.1. The summed E-state index contributed by atoms with van der Waals surface area (Å²) in [5.74, 6) is -1.72. The maximum absolute atomic E-state index is 11.0. The number of aliphatic hydroxyl groups excluding tert-OH is 4. The van der Waals surface area contributed by atoms with Gasteiger partial charge in [0.2, 0.25) is 6.29 Å². The maximum Gasteiger partial charge on any atom is 0.288 e. The Morgan fingerprint density at radius 3 is 2.53 bits per heavy atom. The van der Waals surface area contributed by atoms with Crippen molar-refractivity contribution in [2.45, 2.75) is 57.1 Å². The minimum Gasteiger partial charge on any atom is -0.494 e. The SMILES string of the molecule is CCOc1ccc(CCc2n[nH]c3cc(C)cc(O[C@]4(O)[C@H](O)O[C@H](CO)[C@@H](O)[C@@H]4O)c23)cc1. The molecule has 0 amide bonds. The van der Waals surface area contributed by atoms with Crippen molar-refractivity contribution in [1.82, 2.24) is 10.2 Å². The monoisotopic (exact) mass is 474 g/mol. The molecule has 2 aromatic carbocycles. The van der Waals surface area contributed by atoms with Gasteiger partial charge in [0.15, 0.2) is 6.10 Å². The fourth-order valence-electron chi connectivity index (χ4n) is 4.14. The summed E-state index contributed by atoms with van der Waals surface area (Å²) in [5.41, 5.74) is 3.17. The molecule has 4 rings (SSSR count). The summed E-state index contributed by atoms with van der Waals surface area (Å²) >= 11 is 0. The number of H-pyrrole nitrogens is 1. The summed E-state index contributed by atoms with van der Waals surface area (Å²) in [6.45, 7) is 3.69. The number of rotatable bonds is 8. The molecule has 1 fully saturated rings. The van der Waals surface area contributed by atoms with Crippen LogP contribution in [0.1, 0.15) is 23.7 Å². The molecule has 3 aromatic rings. The van der Waals surface area contributed by atoms with E-state index in [9.17, 15) is 25.5 Å². The summed E-state index contributed by atoms with van der Waals surface area (Å²) < 4.78 is 16.3. The van der Waals surface area contributed by atoms with Crippen molar-refractivity contribution in [2.24, 2.45) is 0 Å². The minimum absolute atomic E-state index is 0.157. The first-order chi connectivity index (χ1) is 16.3. The van der Waals surface area contributed by atoms with E-state index in [4.69, 9.17) is 14.2 Å². The molecular formula is C24H30N2O8. The number of nitrogens with one attached hydrogen (secondary N) is 1. The zero-order valence-electron chi connectivity index (χ0n) is 19.0. The van der Waals surface area contributed by atoms with Gasteiger partial charge in [-0.3, -0.25) is 5.10 Å². The average molecular weight is 475 g/mol. The van der Waals surface area contributed by atoms with Crippen LogP contribution in [0.25, 0.3) is 10.9 Å². The number of nitrogens with zero attached hydrogens (tertiary/aromatic N) is 1. The number of aromatic amines is 1. The van der Waals surface area contributed by atoms with Crippen molar-refractivity contribution in [3.05, 3.63) is 53.2 Å². The van der Waals surface area contributed by atoms with E-state index in [-0.39, 0.29) is 5.75 Å². The van der Waals surface area contributed by atoms with Gasteiger partial charge in [-0.15, -0.1) is 0 Å². The van der Waals surface area contributed by atoms with Crippen LogP contribution in [0, 0.1) is 6.92 Å². The third kappa shape index (κ3) is 4.61. The number of fused-ring (bicyclic) bond motifs is 1. The molecule has 5 atom stereocenters. The quantitative estimate of drug-likeness (QED) is 0.257. The molecule has 10 heteroatoms. The van der Waals surface area contributed by atoms with Gasteiger partial charge in [-0.25, -0.2) is 0 Å². The lowest BCUT2D eigenvalue weighted by atomic mass is 9.95. The third-order valence-corrected chi connectivity index (χ3v) is 5.97. The van der Waals surface area contributed by atoms with Crippen LogP contribution >= 0.6 is 0 Å². The van der Waals surface area contributed by atoms with Gasteiger partial charge in [-0.05, 0) is 62.1 Å². The summed E-state index contributed by atoms with van der Waals surface area (Å²) in [5, 5.41) is 59.2. The average Bonchev–Trinajstić information content (AvgIpc) is 3.23. The highest BCUT2D eigenvalue weighted by molar-refractivity contribution is 5.88. The van der Waals surface area contributed by atoms with E-state index in [1.54, 1.807) is 6.07 Å². The molecule has 0 radical (unpaired) electrons. The van der Waals surface area contributed by atoms with Gasteiger partial charge in [0.05, 0.1) is 29.8 Å². The number of aryl methyl sites for hydroxylation is 3. The first-order valence-electron chi connectivity index (χ1n) is 11.2. The van der Waals surface area contributed by atoms with Gasteiger partial charge < -0.3 is 39.7 Å². The summed E-state index contributed by atoms with van der Waals surface area (Å²) in [6, 6.07) is 11.3. The van der Waals surface area contributed by atoms with Crippen LogP contribution in [-0.4, -0.2) is 79.3 Å². The van der Waals surface area contributed by atoms with Crippen molar-refractivity contribution in [1.29, 1.82) is 0 Å². The highest BCUT2D eigenvalue weighted by atomic mass is 16.7. The van der Waals surface area contributed by atoms with E-state index in [1.807, 2.05) is 44.2 Å². The molecule has 2 heterocycles. The van der Waals surface area contributed by atoms with Crippen LogP contribution < -0.4 is 9.47 Å². The molecule has 1 aliphatic rings. The Labute approximate surface area is 196 Å². The van der Waals surface area contributed by atoms with Crippen molar-refractivity contribution in [3.8, 4) is 11.5 Å². The summed E-state index contributed by atoms with van der Waals surface area (Å²) in [6.07, 6.45) is -5.69. The second-order valence-corrected chi connectivity index (χ2v) is 8.43. The zero-order valence-corrected chi connectivity index (χ0v) is 19.0. The maximum atomic E-state index is 11.0. The van der Waals surface area contributed by atoms with Crippen LogP contribution in [0.2, 0.25) is 0 Å². The van der Waals surface area contributed by atoms with Crippen LogP contribution in [0.5, 0.6) is 11.5 Å². The molecule has 6 N–H and O–H groups in total. The number of aromatic nitrogens is 2. The topological polar surface area (TPSA) is 158 Å². The number of benzene rings is 2. The lowest BCUT2D eigenvalue weighted by Crippen LogP contribution is -2.69. The fourth-order valence-corrected chi connectivity index (χ4v) is 4.14. The second-order valence-electron chi connectivity index (χ2n) is 8.43. The van der Waals surface area contributed by atoms with E-state index in [2.05, 4.69) is 10.2 Å². The van der Waals surface area contributed by atoms with Crippen molar-refractivity contribution in [2.75, 3.05) is 13.2 Å². The van der Waals surface area contributed by atoms with E-state index in [1.165, 1.54) is 0 Å². The Balaban J connectivity index is 1.61. The standard InChI is InChI=1S/C24H30N2O8/c1-3-32-15-7-4-14(5-8-15)6-9-16-20-17(26-25-16)10-13(2)11-18(20)34-24(31)22(29)21(28)19(12-27)33-23(24)30/h4-5,7-8,10-11,19,21-23,27-31H,3,6,9,12H2,1-2H3,(H,25,26)/t19-,21-,22+,23-,24+/m1/s1. The van der Waals surface area contributed by atoms with Gasteiger partial charge in [-0.1, -0.05) is 12.1 Å². The van der Waals surface area contributed by atoms with Crippen LogP contribution in [0.3, 0.4) is 0 Å². The number of ether oxygens (including phenoxy) is 3. The summed E-state index contributed by atoms with van der Waals surface area (Å²) in [7, 11) is 0. The van der Waals surface area contributed by atoms with Crippen molar-refractivity contribution in [3.63, 3.8) is 0 Å². The highest BCUT2D eigenvalue weighted by Crippen LogP contribution is 2.37. The minimum atomic E-state index is -2.67. The molecule has 1 aromatic heterocycles. The molecule has 0 spiro atoms. The van der Waals surface area contributed by atoms with Gasteiger partial charge in [-0.2, -0.15) is 5.10 Å². The smallest absolute Gasteiger partial charge is 0.288 e. The van der Waals surface area contributed by atoms with Gasteiger partial charge >= 0.3 is 0 Å². The zero-order chi connectivity index (χ0) is 24.5. The molecule has 0 saturated carbocycles. The van der Waals surface area contributed by atoms with Crippen molar-refractivity contribution < 1.29 is 39.7 Å². The molecule has 0 aliphatic carbocycles. The lowest BCUT2D eigenvalue weighted by Gasteiger charge is -2.45. The molecule has 1 aliphatic heterocycles. The summed E-state index contributed by atoms with van der Waals surface area (Å²) in [4.78, 5) is 0. The highest BCUT2D eigenvalue weighted by Gasteiger charge is 2.57. The number of aliphatic hydroxyl groups is 5. The molecule has 1 saturated heterocycles. The number of hydrogen-bond donors (Lipinski definition) is 6. The fraction of sp³-hybridized carbons (Fsp3) is 0.458. The molecule has 184 valence electrons. The Bertz CT molecular complexity index is 1120. The first-order valence-corrected chi connectivity index (χ1v) is 11.2. The largest absolute Gasteiger partial charge is 0.494 e. The van der Waals surface area contributed by atoms with E-state index in [0.717, 1.165) is 16.9 Å². The Morgan fingerprint density at radius 1 is 1.12 bits per heavy atom. The molecule has 0 bridgehead atoms. The van der Waals surface area contributed by atoms with E-state index in [0.29, 0.717) is 36.0 Å². The van der Waals surface area contributed by atoms with Gasteiger partial charge in [0, 0.05) is 0 Å². The second kappa shape index (κ2) is 9.87. The van der Waals surface area contributed by atoms with Crippen molar-refractivity contribution >= 4 is 10.9 Å². The first kappa shape index (κ1) is 24.4. The molecule has 34 heavy (non-hydrogen) atoms. The van der Waals surface area contributed by atoms with E-state index >= 15 is 0 Å². The molecule has 0 unspecified atom stereocenters. The molecule has 10 nitrogen and oxygen atoms in total. The van der Waals surface area contributed by atoms with Crippen LogP contribution in [-0.2, 0) is 17.6 Å². The Kier molecular flexibility index (Phi) is 7.08. The van der Waals surface area contributed by atoms with Crippen LogP contribution in [0.15, 0.2) is 36.4 Å². The predicted molar refractivity (Wildman–Crippen MR) is 121 cm³/mol. The Hall–Kier alpha value is -2.73. The lowest BCUT2D eigenvalue weighted by molar-refractivity contribution is -0.385. The third-order valence-electron chi connectivity index (χ3n) is 5.97. The van der Waals surface area contributed by atoms with E-state index < -0.39 is 37.0 Å². The Morgan fingerprint density at radius 2 is 1.85 bits per heavy atom. The number of hydrogen-bond acceptors (Lipinski definition) is 9. The molecular weight excluding hydrogens is 444 g/mol. The van der Waals surface area contributed by atoms with Crippen LogP contribution in [0.4, 0.5) is 0 Å². The predicted octanol–water partition coefficient (Wildman–Crippen LogP) is 0.554. The van der Waals surface area contributed by atoms with Gasteiger partial charge in [0.1, 0.15) is 23.7 Å². The van der Waals surface area contributed by atoms with Gasteiger partial charge in [0.25, 0.3) is 5.79 Å².